The van der Waals surface area contributed by atoms with Crippen molar-refractivity contribution in [1.29, 1.82) is 0 Å². The zero-order valence-electron chi connectivity index (χ0n) is 11.6. The molecular weight excluding hydrogens is 250 g/mol. The van der Waals surface area contributed by atoms with Crippen LogP contribution in [-0.4, -0.2) is 16.1 Å². The summed E-state index contributed by atoms with van der Waals surface area (Å²) in [6.07, 6.45) is 4.84. The van der Waals surface area contributed by atoms with Gasteiger partial charge >= 0.3 is 5.97 Å². The van der Waals surface area contributed by atoms with E-state index in [-0.39, 0.29) is 5.92 Å². The predicted octanol–water partition coefficient (Wildman–Crippen LogP) is 3.83. The molecule has 1 aromatic carbocycles. The van der Waals surface area contributed by atoms with E-state index in [1.54, 1.807) is 18.5 Å². The van der Waals surface area contributed by atoms with Gasteiger partial charge in [0.15, 0.2) is 0 Å². The Morgan fingerprint density at radius 1 is 1.15 bits per heavy atom. The van der Waals surface area contributed by atoms with Gasteiger partial charge in [0, 0.05) is 12.4 Å². The van der Waals surface area contributed by atoms with Crippen LogP contribution in [0.15, 0.2) is 54.9 Å². The van der Waals surface area contributed by atoms with E-state index in [1.165, 1.54) is 5.56 Å². The zero-order valence-corrected chi connectivity index (χ0v) is 11.6. The number of carboxylic acid groups (broad SMARTS) is 1. The van der Waals surface area contributed by atoms with Gasteiger partial charge in [-0.25, -0.2) is 0 Å². The highest BCUT2D eigenvalue weighted by atomic mass is 16.4. The molecule has 3 heteroatoms. The monoisotopic (exact) mass is 269 g/mol. The SMILES string of the molecule is CCC(CC(C(=O)O)c1cccnc1)c1ccccc1. The Bertz CT molecular complexity index is 539. The second kappa shape index (κ2) is 6.85. The van der Waals surface area contributed by atoms with Crippen LogP contribution in [0.4, 0.5) is 0 Å². The maximum absolute atomic E-state index is 11.6. The van der Waals surface area contributed by atoms with Crippen LogP contribution in [0.5, 0.6) is 0 Å². The van der Waals surface area contributed by atoms with Gasteiger partial charge in [-0.05, 0) is 36.0 Å². The molecule has 0 bridgehead atoms. The van der Waals surface area contributed by atoms with Crippen molar-refractivity contribution in [2.45, 2.75) is 31.6 Å². The highest BCUT2D eigenvalue weighted by Crippen LogP contribution is 2.32. The van der Waals surface area contributed by atoms with Crippen molar-refractivity contribution < 1.29 is 9.90 Å². The minimum absolute atomic E-state index is 0.248. The smallest absolute Gasteiger partial charge is 0.311 e. The predicted molar refractivity (Wildman–Crippen MR) is 78.7 cm³/mol. The first-order valence-electron chi connectivity index (χ1n) is 6.90. The number of aliphatic carboxylic acids is 1. The molecule has 0 radical (unpaired) electrons. The standard InChI is InChI=1S/C17H19NO2/c1-2-13(14-7-4-3-5-8-14)11-16(17(19)20)15-9-6-10-18-12-15/h3-10,12-13,16H,2,11H2,1H3,(H,19,20). The third-order valence-corrected chi connectivity index (χ3v) is 3.67. The van der Waals surface area contributed by atoms with E-state index in [0.717, 1.165) is 12.0 Å². The van der Waals surface area contributed by atoms with Gasteiger partial charge in [0.1, 0.15) is 0 Å². The molecule has 2 rings (SSSR count). The van der Waals surface area contributed by atoms with Gasteiger partial charge in [0.2, 0.25) is 0 Å². The fourth-order valence-electron chi connectivity index (χ4n) is 2.51. The van der Waals surface area contributed by atoms with E-state index in [2.05, 4.69) is 24.0 Å². The Morgan fingerprint density at radius 3 is 2.40 bits per heavy atom. The molecule has 0 fully saturated rings. The molecule has 0 saturated heterocycles. The summed E-state index contributed by atoms with van der Waals surface area (Å²) in [6.45, 7) is 2.10. The molecule has 1 N–H and O–H groups in total. The normalized spacial score (nSPS) is 13.7. The van der Waals surface area contributed by atoms with E-state index in [9.17, 15) is 9.90 Å². The Hall–Kier alpha value is -2.16. The highest BCUT2D eigenvalue weighted by Gasteiger charge is 2.24. The Balaban J connectivity index is 2.21. The average molecular weight is 269 g/mol. The molecule has 0 saturated carbocycles. The number of carbonyl (C=O) groups is 1. The summed E-state index contributed by atoms with van der Waals surface area (Å²) in [7, 11) is 0. The topological polar surface area (TPSA) is 50.2 Å². The molecule has 104 valence electrons. The van der Waals surface area contributed by atoms with Gasteiger partial charge < -0.3 is 5.11 Å². The first-order chi connectivity index (χ1) is 9.72. The van der Waals surface area contributed by atoms with Gasteiger partial charge in [0.05, 0.1) is 5.92 Å². The van der Waals surface area contributed by atoms with Gasteiger partial charge in [-0.1, -0.05) is 43.3 Å². The molecular formula is C17H19NO2. The minimum atomic E-state index is -0.785. The average Bonchev–Trinajstić information content (AvgIpc) is 2.50. The third-order valence-electron chi connectivity index (χ3n) is 3.67. The van der Waals surface area contributed by atoms with Crippen molar-refractivity contribution in [2.75, 3.05) is 0 Å². The van der Waals surface area contributed by atoms with Gasteiger partial charge in [-0.15, -0.1) is 0 Å². The van der Waals surface area contributed by atoms with Crippen LogP contribution >= 0.6 is 0 Å². The summed E-state index contributed by atoms with van der Waals surface area (Å²) in [4.78, 5) is 15.6. The van der Waals surface area contributed by atoms with Crippen LogP contribution in [0.1, 0.15) is 42.7 Å². The number of carboxylic acids is 1. The van der Waals surface area contributed by atoms with E-state index in [0.29, 0.717) is 6.42 Å². The maximum atomic E-state index is 11.6. The molecule has 0 amide bonds. The quantitative estimate of drug-likeness (QED) is 0.867. The third kappa shape index (κ3) is 3.44. The number of pyridine rings is 1. The molecule has 1 heterocycles. The summed E-state index contributed by atoms with van der Waals surface area (Å²) in [5.41, 5.74) is 1.97. The van der Waals surface area contributed by atoms with Crippen LogP contribution in [-0.2, 0) is 4.79 Å². The van der Waals surface area contributed by atoms with Crippen LogP contribution in [0.3, 0.4) is 0 Å². The molecule has 0 aliphatic rings. The van der Waals surface area contributed by atoms with Gasteiger partial charge in [0.25, 0.3) is 0 Å². The molecule has 3 nitrogen and oxygen atoms in total. The van der Waals surface area contributed by atoms with Crippen LogP contribution < -0.4 is 0 Å². The Kier molecular flexibility index (Phi) is 4.88. The van der Waals surface area contributed by atoms with Crippen LogP contribution in [0, 0.1) is 0 Å². The second-order valence-corrected chi connectivity index (χ2v) is 4.93. The molecule has 0 aliphatic heterocycles. The lowest BCUT2D eigenvalue weighted by Gasteiger charge is -2.20. The van der Waals surface area contributed by atoms with E-state index >= 15 is 0 Å². The zero-order chi connectivity index (χ0) is 14.4. The van der Waals surface area contributed by atoms with Gasteiger partial charge in [-0.2, -0.15) is 0 Å². The summed E-state index contributed by atoms with van der Waals surface area (Å²) >= 11 is 0. The maximum Gasteiger partial charge on any atom is 0.311 e. The lowest BCUT2D eigenvalue weighted by atomic mass is 9.84. The number of hydrogen-bond acceptors (Lipinski definition) is 2. The summed E-state index contributed by atoms with van der Waals surface area (Å²) in [5, 5.41) is 9.49. The number of benzene rings is 1. The second-order valence-electron chi connectivity index (χ2n) is 4.93. The van der Waals surface area contributed by atoms with Crippen molar-refractivity contribution in [3.05, 3.63) is 66.0 Å². The fourth-order valence-corrected chi connectivity index (χ4v) is 2.51. The number of rotatable bonds is 6. The first-order valence-corrected chi connectivity index (χ1v) is 6.90. The lowest BCUT2D eigenvalue weighted by Crippen LogP contribution is -2.15. The molecule has 0 spiro atoms. The Morgan fingerprint density at radius 2 is 1.85 bits per heavy atom. The van der Waals surface area contributed by atoms with Crippen molar-refractivity contribution in [2.24, 2.45) is 0 Å². The van der Waals surface area contributed by atoms with Crippen LogP contribution in [0.2, 0.25) is 0 Å². The van der Waals surface area contributed by atoms with E-state index < -0.39 is 11.9 Å². The molecule has 2 unspecified atom stereocenters. The van der Waals surface area contributed by atoms with E-state index in [4.69, 9.17) is 0 Å². The lowest BCUT2D eigenvalue weighted by molar-refractivity contribution is -0.139. The molecule has 1 aromatic heterocycles. The number of hydrogen-bond donors (Lipinski definition) is 1. The van der Waals surface area contributed by atoms with Crippen molar-refractivity contribution in [3.8, 4) is 0 Å². The summed E-state index contributed by atoms with van der Waals surface area (Å²) < 4.78 is 0. The summed E-state index contributed by atoms with van der Waals surface area (Å²) in [6, 6.07) is 13.7. The number of aromatic nitrogens is 1. The molecule has 20 heavy (non-hydrogen) atoms. The van der Waals surface area contributed by atoms with Crippen molar-refractivity contribution >= 4 is 5.97 Å². The summed E-state index contributed by atoms with van der Waals surface area (Å²) in [5.74, 6) is -1.04. The van der Waals surface area contributed by atoms with Gasteiger partial charge in [-0.3, -0.25) is 9.78 Å². The molecule has 2 aromatic rings. The van der Waals surface area contributed by atoms with Crippen molar-refractivity contribution in [1.82, 2.24) is 4.98 Å². The molecule has 0 aliphatic carbocycles. The van der Waals surface area contributed by atoms with Crippen LogP contribution in [0.25, 0.3) is 0 Å². The van der Waals surface area contributed by atoms with Crippen molar-refractivity contribution in [3.63, 3.8) is 0 Å². The Labute approximate surface area is 119 Å². The first kappa shape index (κ1) is 14.3. The van der Waals surface area contributed by atoms with E-state index in [1.807, 2.05) is 24.3 Å². The molecule has 2 atom stereocenters. The number of nitrogens with zero attached hydrogens (tertiary/aromatic N) is 1. The highest BCUT2D eigenvalue weighted by molar-refractivity contribution is 5.76. The fraction of sp³-hybridized carbons (Fsp3) is 0.294. The largest absolute Gasteiger partial charge is 0.481 e. The minimum Gasteiger partial charge on any atom is -0.481 e.